The van der Waals surface area contributed by atoms with E-state index >= 15 is 0 Å². The highest BCUT2D eigenvalue weighted by molar-refractivity contribution is 6.30. The van der Waals surface area contributed by atoms with E-state index in [0.29, 0.717) is 12.3 Å². The first kappa shape index (κ1) is 17.1. The van der Waals surface area contributed by atoms with Crippen molar-refractivity contribution in [1.82, 2.24) is 15.3 Å². The first-order chi connectivity index (χ1) is 12.4. The summed E-state index contributed by atoms with van der Waals surface area (Å²) < 4.78 is 0. The normalized spacial score (nSPS) is 19.5. The molecule has 1 amide bonds. The lowest BCUT2D eigenvalue weighted by Crippen LogP contribution is -2.40. The molecule has 2 N–H and O–H groups in total. The van der Waals surface area contributed by atoms with Crippen molar-refractivity contribution in [3.05, 3.63) is 64.9 Å². The van der Waals surface area contributed by atoms with Crippen LogP contribution in [0.3, 0.4) is 0 Å². The first-order valence-corrected chi connectivity index (χ1v) is 9.30. The summed E-state index contributed by atoms with van der Waals surface area (Å²) in [6.45, 7) is 3.93. The maximum absolute atomic E-state index is 12.8. The van der Waals surface area contributed by atoms with Gasteiger partial charge < -0.3 is 10.3 Å². The number of nitrogens with zero attached hydrogens (tertiary/aromatic N) is 1. The molecule has 5 heteroatoms. The second-order valence-corrected chi connectivity index (χ2v) is 8.17. The van der Waals surface area contributed by atoms with E-state index in [2.05, 4.69) is 21.4 Å². The van der Waals surface area contributed by atoms with Crippen LogP contribution in [0.4, 0.5) is 0 Å². The fourth-order valence-electron chi connectivity index (χ4n) is 3.41. The van der Waals surface area contributed by atoms with Crippen LogP contribution in [0.25, 0.3) is 11.0 Å². The van der Waals surface area contributed by atoms with Crippen molar-refractivity contribution in [2.45, 2.75) is 38.6 Å². The van der Waals surface area contributed by atoms with Crippen LogP contribution in [-0.4, -0.2) is 21.9 Å². The number of rotatable bonds is 5. The van der Waals surface area contributed by atoms with Crippen LogP contribution in [0.5, 0.6) is 0 Å². The number of amides is 1. The van der Waals surface area contributed by atoms with Crippen molar-refractivity contribution >= 4 is 28.5 Å². The largest absolute Gasteiger partial charge is 0.352 e. The zero-order chi connectivity index (χ0) is 18.3. The Kier molecular flexibility index (Phi) is 4.23. The van der Waals surface area contributed by atoms with Crippen LogP contribution in [0.2, 0.25) is 5.02 Å². The third kappa shape index (κ3) is 3.47. The molecule has 1 aliphatic rings. The summed E-state index contributed by atoms with van der Waals surface area (Å²) >= 11 is 6.07. The van der Waals surface area contributed by atoms with Crippen LogP contribution in [0.15, 0.2) is 48.5 Å². The van der Waals surface area contributed by atoms with Crippen molar-refractivity contribution in [1.29, 1.82) is 0 Å². The molecular formula is C21H22ClN3O. The quantitative estimate of drug-likeness (QED) is 0.699. The second kappa shape index (κ2) is 6.44. The van der Waals surface area contributed by atoms with Gasteiger partial charge in [0.1, 0.15) is 5.82 Å². The number of H-pyrrole nitrogens is 1. The molecule has 2 atom stereocenters. The van der Waals surface area contributed by atoms with Crippen LogP contribution >= 0.6 is 11.6 Å². The lowest BCUT2D eigenvalue weighted by Gasteiger charge is -2.22. The zero-order valence-electron chi connectivity index (χ0n) is 14.9. The number of imidazole rings is 1. The number of carbonyl (C=O) groups is 1. The molecule has 1 saturated carbocycles. The lowest BCUT2D eigenvalue weighted by molar-refractivity contribution is -0.129. The molecule has 26 heavy (non-hydrogen) atoms. The molecule has 0 radical (unpaired) electrons. The highest BCUT2D eigenvalue weighted by atomic mass is 35.5. The number of hydrogen-bond acceptors (Lipinski definition) is 2. The molecule has 0 spiro atoms. The Morgan fingerprint density at radius 3 is 2.85 bits per heavy atom. The predicted molar refractivity (Wildman–Crippen MR) is 104 cm³/mol. The average Bonchev–Trinajstić information content (AvgIpc) is 3.24. The average molecular weight is 368 g/mol. The van der Waals surface area contributed by atoms with Crippen LogP contribution in [0.1, 0.15) is 37.6 Å². The van der Waals surface area contributed by atoms with Crippen LogP contribution in [0, 0.1) is 5.41 Å². The number of halogens is 1. The molecule has 0 bridgehead atoms. The van der Waals surface area contributed by atoms with E-state index in [1.807, 2.05) is 56.3 Å². The van der Waals surface area contributed by atoms with E-state index in [4.69, 9.17) is 11.6 Å². The summed E-state index contributed by atoms with van der Waals surface area (Å²) in [5, 5.41) is 3.93. The second-order valence-electron chi connectivity index (χ2n) is 7.74. The van der Waals surface area contributed by atoms with Crippen molar-refractivity contribution < 1.29 is 4.79 Å². The van der Waals surface area contributed by atoms with Gasteiger partial charge in [0.15, 0.2) is 0 Å². The fraction of sp³-hybridized carbons (Fsp3) is 0.333. The summed E-state index contributed by atoms with van der Waals surface area (Å²) in [6, 6.07) is 16.0. The maximum atomic E-state index is 12.8. The summed E-state index contributed by atoms with van der Waals surface area (Å²) in [5.74, 6) is 1.26. The van der Waals surface area contributed by atoms with Crippen LogP contribution < -0.4 is 5.32 Å². The molecular weight excluding hydrogens is 346 g/mol. The zero-order valence-corrected chi connectivity index (χ0v) is 15.7. The topological polar surface area (TPSA) is 57.8 Å². The standard InChI is InChI=1S/C21H22ClN3O/c1-21(2,12-19-23-16-8-3-4-9-17(16)24-19)20(26)25-18-11-15(18)13-6-5-7-14(22)10-13/h3-10,15,18H,11-12H2,1-2H3,(H,23,24)(H,25,26)/t15-,18+/m0/s1. The van der Waals surface area contributed by atoms with Gasteiger partial charge in [-0.25, -0.2) is 4.98 Å². The van der Waals surface area contributed by atoms with E-state index in [0.717, 1.165) is 28.3 Å². The van der Waals surface area contributed by atoms with Gasteiger partial charge in [-0.2, -0.15) is 0 Å². The van der Waals surface area contributed by atoms with Gasteiger partial charge in [-0.3, -0.25) is 4.79 Å². The Hall–Kier alpha value is -2.33. The van der Waals surface area contributed by atoms with Crippen LogP contribution in [-0.2, 0) is 11.2 Å². The Balaban J connectivity index is 1.40. The summed E-state index contributed by atoms with van der Waals surface area (Å²) in [4.78, 5) is 20.7. The van der Waals surface area contributed by atoms with E-state index < -0.39 is 5.41 Å². The molecule has 1 aromatic heterocycles. The van der Waals surface area contributed by atoms with Gasteiger partial charge in [0.05, 0.1) is 16.4 Å². The molecule has 0 saturated heterocycles. The molecule has 1 fully saturated rings. The lowest BCUT2D eigenvalue weighted by atomic mass is 9.88. The van der Waals surface area contributed by atoms with Crippen molar-refractivity contribution in [2.75, 3.05) is 0 Å². The smallest absolute Gasteiger partial charge is 0.226 e. The number of aromatic amines is 1. The molecule has 4 nitrogen and oxygen atoms in total. The van der Waals surface area contributed by atoms with Crippen molar-refractivity contribution in [3.63, 3.8) is 0 Å². The number of benzene rings is 2. The highest BCUT2D eigenvalue weighted by Gasteiger charge is 2.42. The number of hydrogen-bond donors (Lipinski definition) is 2. The van der Waals surface area contributed by atoms with Gasteiger partial charge in [-0.15, -0.1) is 0 Å². The minimum absolute atomic E-state index is 0.0625. The molecule has 1 heterocycles. The van der Waals surface area contributed by atoms with Gasteiger partial charge in [-0.05, 0) is 36.2 Å². The molecule has 0 aliphatic heterocycles. The summed E-state index contributed by atoms with van der Waals surface area (Å²) in [5.41, 5.74) is 2.59. The molecule has 134 valence electrons. The monoisotopic (exact) mass is 367 g/mol. The number of aromatic nitrogens is 2. The van der Waals surface area contributed by atoms with E-state index in [1.165, 1.54) is 5.56 Å². The minimum atomic E-state index is -0.532. The molecule has 2 aromatic carbocycles. The Morgan fingerprint density at radius 2 is 2.08 bits per heavy atom. The van der Waals surface area contributed by atoms with Crippen molar-refractivity contribution in [3.8, 4) is 0 Å². The number of nitrogens with one attached hydrogen (secondary N) is 2. The maximum Gasteiger partial charge on any atom is 0.226 e. The van der Waals surface area contributed by atoms with E-state index in [1.54, 1.807) is 0 Å². The number of para-hydroxylation sites is 2. The summed E-state index contributed by atoms with van der Waals surface area (Å²) in [6.07, 6.45) is 1.54. The Morgan fingerprint density at radius 1 is 1.27 bits per heavy atom. The Labute approximate surface area is 158 Å². The van der Waals surface area contributed by atoms with Crippen molar-refractivity contribution in [2.24, 2.45) is 5.41 Å². The molecule has 0 unspecified atom stereocenters. The third-order valence-corrected chi connectivity index (χ3v) is 5.28. The van der Waals surface area contributed by atoms with Gasteiger partial charge in [0, 0.05) is 23.4 Å². The number of fused-ring (bicyclic) bond motifs is 1. The SMILES string of the molecule is CC(C)(Cc1nc2ccccc2[nH]1)C(=O)N[C@@H]1C[C@H]1c1cccc(Cl)c1. The fourth-order valence-corrected chi connectivity index (χ4v) is 3.61. The Bertz CT molecular complexity index is 930. The van der Waals surface area contributed by atoms with Gasteiger partial charge in [0.25, 0.3) is 0 Å². The van der Waals surface area contributed by atoms with E-state index in [9.17, 15) is 4.79 Å². The predicted octanol–water partition coefficient (Wildman–Crippen LogP) is 4.46. The number of carbonyl (C=O) groups excluding carboxylic acids is 1. The molecule has 1 aliphatic carbocycles. The highest BCUT2D eigenvalue weighted by Crippen LogP contribution is 2.42. The van der Waals surface area contributed by atoms with Gasteiger partial charge in [0.2, 0.25) is 5.91 Å². The molecule has 3 aromatic rings. The summed E-state index contributed by atoms with van der Waals surface area (Å²) in [7, 11) is 0. The van der Waals surface area contributed by atoms with Gasteiger partial charge >= 0.3 is 0 Å². The van der Waals surface area contributed by atoms with Gasteiger partial charge in [-0.1, -0.05) is 49.7 Å². The third-order valence-electron chi connectivity index (χ3n) is 5.05. The first-order valence-electron chi connectivity index (χ1n) is 8.92. The van der Waals surface area contributed by atoms with E-state index in [-0.39, 0.29) is 11.9 Å². The molecule has 4 rings (SSSR count). The minimum Gasteiger partial charge on any atom is -0.352 e.